The Morgan fingerprint density at radius 1 is 0.968 bits per heavy atom. The second-order valence-electron chi connectivity index (χ2n) is 6.95. The molecule has 2 nitrogen and oxygen atoms in total. The molecule has 0 saturated carbocycles. The summed E-state index contributed by atoms with van der Waals surface area (Å²) >= 11 is 12.2. The van der Waals surface area contributed by atoms with E-state index in [2.05, 4.69) is 5.10 Å². The number of benzene rings is 3. The highest BCUT2D eigenvalue weighted by atomic mass is 35.5. The molecule has 0 fully saturated rings. The molecule has 0 amide bonds. The smallest absolute Gasteiger partial charge is 0.260 e. The second kappa shape index (κ2) is 8.13. The molecular weight excluding hydrogens is 458 g/mol. The van der Waals surface area contributed by atoms with Crippen LogP contribution in [0.3, 0.4) is 0 Å². The number of hydrogen-bond donors (Lipinski definition) is 0. The molecule has 1 heterocycles. The maximum Gasteiger partial charge on any atom is 0.417 e. The fourth-order valence-corrected chi connectivity index (χ4v) is 3.91. The van der Waals surface area contributed by atoms with Crippen LogP contribution in [0.15, 0.2) is 59.7 Å². The van der Waals surface area contributed by atoms with Crippen molar-refractivity contribution in [3.8, 4) is 0 Å². The number of rotatable bonds is 3. The number of alkyl halides is 3. The van der Waals surface area contributed by atoms with E-state index in [1.807, 2.05) is 0 Å². The Balaban J connectivity index is 1.81. The summed E-state index contributed by atoms with van der Waals surface area (Å²) in [6.45, 7) is -0.0838. The van der Waals surface area contributed by atoms with Gasteiger partial charge in [0.25, 0.3) is 0 Å². The second-order valence-corrected chi connectivity index (χ2v) is 7.77. The van der Waals surface area contributed by atoms with Crippen LogP contribution in [0, 0.1) is 11.6 Å². The maximum atomic E-state index is 14.2. The number of hydrogen-bond acceptors (Lipinski definition) is 2. The van der Waals surface area contributed by atoms with Crippen molar-refractivity contribution < 1.29 is 22.0 Å². The van der Waals surface area contributed by atoms with E-state index in [-0.39, 0.29) is 29.8 Å². The van der Waals surface area contributed by atoms with E-state index in [1.165, 1.54) is 23.2 Å². The van der Waals surface area contributed by atoms with Gasteiger partial charge in [-0.15, -0.1) is 0 Å². The van der Waals surface area contributed by atoms with Crippen LogP contribution in [0.25, 0.3) is 0 Å². The van der Waals surface area contributed by atoms with Crippen molar-refractivity contribution in [1.29, 1.82) is 0 Å². The van der Waals surface area contributed by atoms with Gasteiger partial charge < -0.3 is 0 Å². The van der Waals surface area contributed by atoms with Crippen LogP contribution in [0.2, 0.25) is 10.0 Å². The third kappa shape index (κ3) is 4.38. The highest BCUT2D eigenvalue weighted by Gasteiger charge is 2.35. The first-order valence-electron chi connectivity index (χ1n) is 9.07. The number of anilines is 1. The van der Waals surface area contributed by atoms with Gasteiger partial charge in [-0.05, 0) is 29.8 Å². The Kier molecular flexibility index (Phi) is 5.66. The number of nitrogens with zero attached hydrogens (tertiary/aromatic N) is 2. The first kappa shape index (κ1) is 21.6. The Labute approximate surface area is 184 Å². The SMILES string of the molecule is Fc1ccc(CN2N=C(c3cccc(C(F)(F)F)c3Cl)Cc3ccc(Cl)cc32)c(F)c1. The predicted octanol–water partition coefficient (Wildman–Crippen LogP) is 7.26. The number of fused-ring (bicyclic) bond motifs is 1. The number of hydrazone groups is 1. The van der Waals surface area contributed by atoms with Crippen molar-refractivity contribution in [2.75, 3.05) is 5.01 Å². The topological polar surface area (TPSA) is 15.6 Å². The van der Waals surface area contributed by atoms with Crippen LogP contribution in [-0.2, 0) is 19.1 Å². The van der Waals surface area contributed by atoms with Crippen LogP contribution < -0.4 is 5.01 Å². The van der Waals surface area contributed by atoms with Gasteiger partial charge in [0, 0.05) is 28.6 Å². The van der Waals surface area contributed by atoms with E-state index in [4.69, 9.17) is 23.2 Å². The average Bonchev–Trinajstić information content (AvgIpc) is 2.69. The van der Waals surface area contributed by atoms with E-state index < -0.39 is 28.4 Å². The minimum Gasteiger partial charge on any atom is -0.260 e. The summed E-state index contributed by atoms with van der Waals surface area (Å²) in [5.74, 6) is -1.48. The summed E-state index contributed by atoms with van der Waals surface area (Å²) in [6.07, 6.45) is -4.42. The molecule has 3 aromatic carbocycles. The van der Waals surface area contributed by atoms with Gasteiger partial charge in [-0.25, -0.2) is 8.78 Å². The van der Waals surface area contributed by atoms with Crippen molar-refractivity contribution >= 4 is 34.6 Å². The quantitative estimate of drug-likeness (QED) is 0.367. The van der Waals surface area contributed by atoms with Crippen LogP contribution in [0.5, 0.6) is 0 Å². The summed E-state index contributed by atoms with van der Waals surface area (Å²) in [5.41, 5.74) is 0.906. The molecule has 0 bridgehead atoms. The Morgan fingerprint density at radius 2 is 1.74 bits per heavy atom. The average molecular weight is 471 g/mol. The maximum absolute atomic E-state index is 14.2. The third-order valence-corrected chi connectivity index (χ3v) is 5.52. The highest BCUT2D eigenvalue weighted by Crippen LogP contribution is 2.38. The molecule has 0 unspecified atom stereocenters. The van der Waals surface area contributed by atoms with Crippen molar-refractivity contribution in [3.05, 3.63) is 98.5 Å². The fourth-order valence-electron chi connectivity index (χ4n) is 3.40. The van der Waals surface area contributed by atoms with Crippen LogP contribution in [0.1, 0.15) is 22.3 Å². The fraction of sp³-hybridized carbons (Fsp3) is 0.136. The zero-order valence-electron chi connectivity index (χ0n) is 15.7. The Morgan fingerprint density at radius 3 is 2.45 bits per heavy atom. The van der Waals surface area contributed by atoms with Crippen molar-refractivity contribution in [1.82, 2.24) is 0 Å². The summed E-state index contributed by atoms with van der Waals surface area (Å²) in [5, 5.41) is 5.84. The molecular formula is C22H13Cl2F5N2. The minimum atomic E-state index is -4.62. The van der Waals surface area contributed by atoms with Gasteiger partial charge in [-0.2, -0.15) is 18.3 Å². The lowest BCUT2D eigenvalue weighted by atomic mass is 9.97. The van der Waals surface area contributed by atoms with E-state index >= 15 is 0 Å². The first-order valence-corrected chi connectivity index (χ1v) is 9.82. The molecule has 0 spiro atoms. The standard InChI is InChI=1S/C22H13Cl2F5N2/c23-14-6-4-12-8-19(16-2-1-3-17(21(16)24)22(27,28)29)30-31(20(12)9-14)11-13-5-7-15(25)10-18(13)26/h1-7,9-10H,8,11H2. The van der Waals surface area contributed by atoms with E-state index in [0.29, 0.717) is 10.7 Å². The van der Waals surface area contributed by atoms with Crippen molar-refractivity contribution in [2.45, 2.75) is 19.1 Å². The van der Waals surface area contributed by atoms with E-state index in [9.17, 15) is 22.0 Å². The predicted molar refractivity (Wildman–Crippen MR) is 111 cm³/mol. The lowest BCUT2D eigenvalue weighted by Crippen LogP contribution is -2.27. The van der Waals surface area contributed by atoms with Crippen LogP contribution >= 0.6 is 23.2 Å². The third-order valence-electron chi connectivity index (χ3n) is 4.87. The number of halogens is 7. The summed E-state index contributed by atoms with van der Waals surface area (Å²) < 4.78 is 67.4. The van der Waals surface area contributed by atoms with Crippen LogP contribution in [-0.4, -0.2) is 5.71 Å². The lowest BCUT2D eigenvalue weighted by Gasteiger charge is -2.29. The molecule has 3 aromatic rings. The molecule has 0 N–H and O–H groups in total. The summed E-state index contributed by atoms with van der Waals surface area (Å²) in [7, 11) is 0. The van der Waals surface area contributed by atoms with E-state index in [0.717, 1.165) is 23.8 Å². The molecule has 31 heavy (non-hydrogen) atoms. The molecule has 9 heteroatoms. The van der Waals surface area contributed by atoms with Crippen LogP contribution in [0.4, 0.5) is 27.6 Å². The molecule has 160 valence electrons. The normalized spacial score (nSPS) is 13.8. The van der Waals surface area contributed by atoms with Gasteiger partial charge in [0.15, 0.2) is 0 Å². The highest BCUT2D eigenvalue weighted by molar-refractivity contribution is 6.35. The largest absolute Gasteiger partial charge is 0.417 e. The minimum absolute atomic E-state index is 0.0838. The van der Waals surface area contributed by atoms with Gasteiger partial charge in [-0.1, -0.05) is 47.5 Å². The summed E-state index contributed by atoms with van der Waals surface area (Å²) in [6, 6.07) is 11.8. The molecule has 0 aromatic heterocycles. The Bertz CT molecular complexity index is 1190. The van der Waals surface area contributed by atoms with Gasteiger partial charge in [0.1, 0.15) is 11.6 Å². The van der Waals surface area contributed by atoms with Gasteiger partial charge >= 0.3 is 6.18 Å². The zero-order valence-corrected chi connectivity index (χ0v) is 17.2. The Hall–Kier alpha value is -2.64. The van der Waals surface area contributed by atoms with Crippen molar-refractivity contribution in [3.63, 3.8) is 0 Å². The molecule has 1 aliphatic rings. The monoisotopic (exact) mass is 470 g/mol. The van der Waals surface area contributed by atoms with Gasteiger partial charge in [0.05, 0.1) is 28.5 Å². The molecule has 4 rings (SSSR count). The molecule has 0 atom stereocenters. The first-order chi connectivity index (χ1) is 14.6. The molecule has 0 radical (unpaired) electrons. The van der Waals surface area contributed by atoms with Crippen molar-refractivity contribution in [2.24, 2.45) is 5.10 Å². The summed E-state index contributed by atoms with van der Waals surface area (Å²) in [4.78, 5) is 0. The molecule has 1 aliphatic heterocycles. The lowest BCUT2D eigenvalue weighted by molar-refractivity contribution is -0.137. The molecule has 0 aliphatic carbocycles. The van der Waals surface area contributed by atoms with Gasteiger partial charge in [-0.3, -0.25) is 5.01 Å². The zero-order chi connectivity index (χ0) is 22.3. The molecule has 0 saturated heterocycles. The van der Waals surface area contributed by atoms with E-state index in [1.54, 1.807) is 18.2 Å². The van der Waals surface area contributed by atoms with Gasteiger partial charge in [0.2, 0.25) is 0 Å².